The molecule has 0 bridgehead atoms. The van der Waals surface area contributed by atoms with Crippen molar-refractivity contribution in [1.29, 1.82) is 0 Å². The number of amides is 2. The normalized spacial score (nSPS) is 15.3. The number of nitrogens with zero attached hydrogens (tertiary/aromatic N) is 1. The first kappa shape index (κ1) is 19.9. The molecule has 0 atom stereocenters. The molecule has 0 unspecified atom stereocenters. The zero-order valence-corrected chi connectivity index (χ0v) is 17.4. The number of carbonyl (C=O) groups is 2. The fourth-order valence-electron chi connectivity index (χ4n) is 3.34. The van der Waals surface area contributed by atoms with Crippen molar-refractivity contribution in [3.63, 3.8) is 0 Å². The maximum absolute atomic E-state index is 12.8. The summed E-state index contributed by atoms with van der Waals surface area (Å²) in [5.41, 5.74) is 0.913. The predicted octanol–water partition coefficient (Wildman–Crippen LogP) is 4.08. The highest BCUT2D eigenvalue weighted by Gasteiger charge is 2.23. The van der Waals surface area contributed by atoms with Crippen molar-refractivity contribution < 1.29 is 19.1 Å². The molecule has 2 aliphatic heterocycles. The Bertz CT molecular complexity index is 931. The van der Waals surface area contributed by atoms with E-state index in [4.69, 9.17) is 21.1 Å². The zero-order chi connectivity index (χ0) is 20.2. The number of halogens is 1. The van der Waals surface area contributed by atoms with Crippen LogP contribution in [0.3, 0.4) is 0 Å². The Labute approximate surface area is 178 Å². The number of hydrogen-bond acceptors (Lipinski definition) is 5. The summed E-state index contributed by atoms with van der Waals surface area (Å²) in [7, 11) is 0. The van der Waals surface area contributed by atoms with E-state index in [-0.39, 0.29) is 17.6 Å². The third-order valence-corrected chi connectivity index (χ3v) is 5.99. The van der Waals surface area contributed by atoms with E-state index < -0.39 is 0 Å². The van der Waals surface area contributed by atoms with Crippen LogP contribution < -0.4 is 14.8 Å². The van der Waals surface area contributed by atoms with Crippen molar-refractivity contribution in [2.45, 2.75) is 17.7 Å². The predicted molar refractivity (Wildman–Crippen MR) is 113 cm³/mol. The molecule has 29 heavy (non-hydrogen) atoms. The summed E-state index contributed by atoms with van der Waals surface area (Å²) in [4.78, 5) is 28.0. The van der Waals surface area contributed by atoms with Crippen LogP contribution in [0.5, 0.6) is 11.5 Å². The lowest BCUT2D eigenvalue weighted by molar-refractivity contribution is -0.113. The number of anilines is 1. The van der Waals surface area contributed by atoms with Crippen LogP contribution >= 0.6 is 23.4 Å². The Morgan fingerprint density at radius 3 is 2.59 bits per heavy atom. The Hall–Kier alpha value is -2.38. The number of hydrogen-bond donors (Lipinski definition) is 1. The number of nitrogens with one attached hydrogen (secondary N) is 1. The Morgan fingerprint density at radius 2 is 1.79 bits per heavy atom. The standard InChI is InChI=1S/C21H21ClN2O4S/c22-14-3-5-17(16(11-14)21(26)24-7-1-2-8-24)23-20(25)13-29-15-4-6-18-19(12-15)28-10-9-27-18/h3-6,11-12H,1-2,7-10,13H2,(H,23,25). The van der Waals surface area contributed by atoms with Crippen molar-refractivity contribution >= 4 is 40.9 Å². The van der Waals surface area contributed by atoms with E-state index in [2.05, 4.69) is 5.32 Å². The van der Waals surface area contributed by atoms with E-state index >= 15 is 0 Å². The first-order valence-corrected chi connectivity index (χ1v) is 10.9. The Morgan fingerprint density at radius 1 is 1.03 bits per heavy atom. The molecule has 1 N–H and O–H groups in total. The summed E-state index contributed by atoms with van der Waals surface area (Å²) in [6.07, 6.45) is 2.00. The number of rotatable bonds is 5. The first-order valence-electron chi connectivity index (χ1n) is 9.51. The average Bonchev–Trinajstić information content (AvgIpc) is 3.28. The number of thioether (sulfide) groups is 1. The minimum Gasteiger partial charge on any atom is -0.486 e. The summed E-state index contributed by atoms with van der Waals surface area (Å²) in [6.45, 7) is 2.53. The topological polar surface area (TPSA) is 67.9 Å². The van der Waals surface area contributed by atoms with E-state index in [1.54, 1.807) is 23.1 Å². The molecule has 2 aromatic carbocycles. The zero-order valence-electron chi connectivity index (χ0n) is 15.8. The van der Waals surface area contributed by atoms with Crippen LogP contribution in [-0.4, -0.2) is 48.8 Å². The van der Waals surface area contributed by atoms with Gasteiger partial charge in [0.1, 0.15) is 13.2 Å². The molecule has 8 heteroatoms. The molecule has 1 saturated heterocycles. The molecule has 0 saturated carbocycles. The van der Waals surface area contributed by atoms with Crippen LogP contribution in [0.2, 0.25) is 5.02 Å². The second-order valence-corrected chi connectivity index (χ2v) is 8.32. The molecule has 0 spiro atoms. The average molecular weight is 433 g/mol. The smallest absolute Gasteiger partial charge is 0.256 e. The number of carbonyl (C=O) groups excluding carboxylic acids is 2. The molecule has 0 aromatic heterocycles. The van der Waals surface area contributed by atoms with Crippen LogP contribution in [0.15, 0.2) is 41.3 Å². The molecule has 4 rings (SSSR count). The summed E-state index contributed by atoms with van der Waals surface area (Å²) in [5.74, 6) is 1.33. The van der Waals surface area contributed by atoms with Gasteiger partial charge in [0.05, 0.1) is 17.0 Å². The lowest BCUT2D eigenvalue weighted by Gasteiger charge is -2.19. The van der Waals surface area contributed by atoms with Crippen molar-refractivity contribution in [3.8, 4) is 11.5 Å². The van der Waals surface area contributed by atoms with Crippen LogP contribution in [0.25, 0.3) is 0 Å². The number of fused-ring (bicyclic) bond motifs is 1. The van der Waals surface area contributed by atoms with Crippen molar-refractivity contribution in [1.82, 2.24) is 4.90 Å². The van der Waals surface area contributed by atoms with Gasteiger partial charge in [0.15, 0.2) is 11.5 Å². The third-order valence-electron chi connectivity index (χ3n) is 4.76. The van der Waals surface area contributed by atoms with Gasteiger partial charge in [-0.15, -0.1) is 11.8 Å². The van der Waals surface area contributed by atoms with Gasteiger partial charge in [-0.05, 0) is 49.2 Å². The van der Waals surface area contributed by atoms with Crippen LogP contribution in [0, 0.1) is 0 Å². The largest absolute Gasteiger partial charge is 0.486 e. The molecule has 6 nitrogen and oxygen atoms in total. The minimum atomic E-state index is -0.192. The van der Waals surface area contributed by atoms with Gasteiger partial charge in [-0.2, -0.15) is 0 Å². The monoisotopic (exact) mass is 432 g/mol. The van der Waals surface area contributed by atoms with Gasteiger partial charge in [0.25, 0.3) is 5.91 Å². The number of likely N-dealkylation sites (tertiary alicyclic amines) is 1. The lowest BCUT2D eigenvalue weighted by atomic mass is 10.1. The van der Waals surface area contributed by atoms with Crippen molar-refractivity contribution in [2.24, 2.45) is 0 Å². The van der Waals surface area contributed by atoms with Crippen LogP contribution in [0.4, 0.5) is 5.69 Å². The van der Waals surface area contributed by atoms with E-state index in [1.807, 2.05) is 18.2 Å². The van der Waals surface area contributed by atoms with Crippen molar-refractivity contribution in [2.75, 3.05) is 37.4 Å². The second-order valence-electron chi connectivity index (χ2n) is 6.83. The van der Waals surface area contributed by atoms with Crippen LogP contribution in [-0.2, 0) is 4.79 Å². The molecule has 2 aliphatic rings. The highest BCUT2D eigenvalue weighted by atomic mass is 35.5. The quantitative estimate of drug-likeness (QED) is 0.721. The molecule has 2 heterocycles. The van der Waals surface area contributed by atoms with Gasteiger partial charge in [-0.3, -0.25) is 9.59 Å². The van der Waals surface area contributed by atoms with E-state index in [1.165, 1.54) is 11.8 Å². The molecule has 2 aromatic rings. The minimum absolute atomic E-state index is 0.0974. The van der Waals surface area contributed by atoms with Crippen LogP contribution in [0.1, 0.15) is 23.2 Å². The van der Waals surface area contributed by atoms with E-state index in [0.29, 0.717) is 35.2 Å². The van der Waals surface area contributed by atoms with E-state index in [9.17, 15) is 9.59 Å². The fraction of sp³-hybridized carbons (Fsp3) is 0.333. The van der Waals surface area contributed by atoms with Gasteiger partial charge in [-0.1, -0.05) is 11.6 Å². The maximum atomic E-state index is 12.8. The summed E-state index contributed by atoms with van der Waals surface area (Å²) < 4.78 is 11.1. The van der Waals surface area contributed by atoms with Crippen molar-refractivity contribution in [3.05, 3.63) is 47.0 Å². The third kappa shape index (κ3) is 4.79. The lowest BCUT2D eigenvalue weighted by Crippen LogP contribution is -2.29. The number of benzene rings is 2. The molecule has 1 fully saturated rings. The van der Waals surface area contributed by atoms with E-state index in [0.717, 1.165) is 36.6 Å². The molecule has 152 valence electrons. The summed E-state index contributed by atoms with van der Waals surface area (Å²) in [5, 5.41) is 3.32. The highest BCUT2D eigenvalue weighted by molar-refractivity contribution is 8.00. The van der Waals surface area contributed by atoms with Gasteiger partial charge in [-0.25, -0.2) is 0 Å². The summed E-state index contributed by atoms with van der Waals surface area (Å²) >= 11 is 7.49. The molecule has 0 radical (unpaired) electrons. The molecule has 2 amide bonds. The fourth-order valence-corrected chi connectivity index (χ4v) is 4.24. The molecular weight excluding hydrogens is 412 g/mol. The van der Waals surface area contributed by atoms with Gasteiger partial charge in [0.2, 0.25) is 5.91 Å². The Balaban J connectivity index is 1.41. The SMILES string of the molecule is O=C(CSc1ccc2c(c1)OCCO2)Nc1ccc(Cl)cc1C(=O)N1CCCC1. The number of ether oxygens (including phenoxy) is 2. The maximum Gasteiger partial charge on any atom is 0.256 e. The molecular formula is C21H21ClN2O4S. The molecule has 0 aliphatic carbocycles. The van der Waals surface area contributed by atoms with Gasteiger partial charge >= 0.3 is 0 Å². The highest BCUT2D eigenvalue weighted by Crippen LogP contribution is 2.34. The Kier molecular flexibility index (Phi) is 6.16. The van der Waals surface area contributed by atoms with Gasteiger partial charge < -0.3 is 19.7 Å². The summed E-state index contributed by atoms with van der Waals surface area (Å²) in [6, 6.07) is 10.6. The first-order chi connectivity index (χ1) is 14.1. The van der Waals surface area contributed by atoms with Gasteiger partial charge in [0, 0.05) is 23.0 Å². The second kappa shape index (κ2) is 8.97.